The minimum atomic E-state index is -4.43. The van der Waals surface area contributed by atoms with E-state index in [0.29, 0.717) is 11.4 Å². The number of ether oxygens (including phenoxy) is 2. The fourth-order valence-electron chi connectivity index (χ4n) is 3.17. The molecule has 158 valence electrons. The van der Waals surface area contributed by atoms with Gasteiger partial charge in [0, 0.05) is 25.0 Å². The van der Waals surface area contributed by atoms with Crippen molar-refractivity contribution >= 4 is 17.5 Å². The lowest BCUT2D eigenvalue weighted by Gasteiger charge is -2.35. The number of nitrogens with zero attached hydrogens (tertiary/aromatic N) is 5. The molecular weight excluding hydrogens is 401 g/mol. The smallest absolute Gasteiger partial charge is 0.412 e. The number of hydrogen-bond donors (Lipinski definition) is 1. The van der Waals surface area contributed by atoms with Crippen molar-refractivity contribution in [2.24, 2.45) is 0 Å². The van der Waals surface area contributed by atoms with Crippen molar-refractivity contribution in [1.82, 2.24) is 19.5 Å². The summed E-state index contributed by atoms with van der Waals surface area (Å²) in [5.74, 6) is 0.985. The van der Waals surface area contributed by atoms with Gasteiger partial charge in [-0.3, -0.25) is 0 Å². The van der Waals surface area contributed by atoms with E-state index in [9.17, 15) is 13.2 Å². The number of benzene rings is 1. The van der Waals surface area contributed by atoms with Crippen LogP contribution in [0.25, 0.3) is 5.69 Å². The molecule has 1 aliphatic heterocycles. The highest BCUT2D eigenvalue weighted by Crippen LogP contribution is 2.37. The highest BCUT2D eigenvalue weighted by molar-refractivity contribution is 5.64. The van der Waals surface area contributed by atoms with Gasteiger partial charge in [0.05, 0.1) is 31.0 Å². The van der Waals surface area contributed by atoms with Crippen LogP contribution in [0, 0.1) is 6.92 Å². The molecule has 1 N–H and O–H groups in total. The van der Waals surface area contributed by atoms with Crippen LogP contribution >= 0.6 is 0 Å². The summed E-state index contributed by atoms with van der Waals surface area (Å²) >= 11 is 0. The van der Waals surface area contributed by atoms with Crippen molar-refractivity contribution in [2.45, 2.75) is 19.1 Å². The molecule has 0 fully saturated rings. The molecule has 3 heterocycles. The second-order valence-corrected chi connectivity index (χ2v) is 6.79. The molecule has 1 aromatic carbocycles. The molecule has 0 aliphatic carbocycles. The van der Waals surface area contributed by atoms with Crippen molar-refractivity contribution in [3.8, 4) is 17.2 Å². The van der Waals surface area contributed by atoms with Crippen molar-refractivity contribution in [1.29, 1.82) is 0 Å². The maximum Gasteiger partial charge on any atom is 0.412 e. The molecule has 2 aromatic heterocycles. The second kappa shape index (κ2) is 7.39. The number of hydrogen-bond acceptors (Lipinski definition) is 7. The van der Waals surface area contributed by atoms with Crippen LogP contribution in [0.5, 0.6) is 11.5 Å². The van der Waals surface area contributed by atoms with Crippen LogP contribution in [-0.2, 0) is 0 Å². The third kappa shape index (κ3) is 3.70. The Morgan fingerprint density at radius 1 is 1.27 bits per heavy atom. The quantitative estimate of drug-likeness (QED) is 0.692. The van der Waals surface area contributed by atoms with Crippen LogP contribution in [-0.4, -0.2) is 52.5 Å². The van der Waals surface area contributed by atoms with Crippen LogP contribution < -0.4 is 19.7 Å². The van der Waals surface area contributed by atoms with Crippen LogP contribution in [0.4, 0.5) is 30.6 Å². The Kier molecular flexibility index (Phi) is 4.88. The molecule has 30 heavy (non-hydrogen) atoms. The summed E-state index contributed by atoms with van der Waals surface area (Å²) in [5, 5.41) is 3.00. The number of alkyl halides is 3. The van der Waals surface area contributed by atoms with Crippen molar-refractivity contribution in [2.75, 3.05) is 31.0 Å². The monoisotopic (exact) mass is 420 g/mol. The number of nitrogens with one attached hydrogen (secondary N) is 1. The highest BCUT2D eigenvalue weighted by atomic mass is 19.4. The summed E-state index contributed by atoms with van der Waals surface area (Å²) in [5.41, 5.74) is 2.26. The maximum absolute atomic E-state index is 13.2. The first-order valence-electron chi connectivity index (χ1n) is 9.01. The van der Waals surface area contributed by atoms with E-state index >= 15 is 0 Å². The number of rotatable bonds is 4. The van der Waals surface area contributed by atoms with Gasteiger partial charge in [-0.25, -0.2) is 9.97 Å². The number of imidazole rings is 1. The van der Waals surface area contributed by atoms with E-state index in [1.54, 1.807) is 25.6 Å². The summed E-state index contributed by atoms with van der Waals surface area (Å²) in [6.07, 6.45) is 0.470. The SMILES string of the molecule is COc1cc(Nc2ncc3c(n2)N(C)C(C(F)(F)F)CO3)ccc1-n1cnc(C)c1. The standard InChI is InChI=1S/C19H19F3N6O2/c1-11-8-28(10-24-11)13-5-4-12(6-14(13)29-3)25-18-23-7-15-17(26-18)27(2)16(9-30-15)19(20,21)22/h4-8,10,16H,9H2,1-3H3,(H,23,25,26). The largest absolute Gasteiger partial charge is 0.494 e. The van der Waals surface area contributed by atoms with Gasteiger partial charge in [-0.15, -0.1) is 0 Å². The number of aromatic nitrogens is 4. The average Bonchev–Trinajstić information content (AvgIpc) is 3.13. The van der Waals surface area contributed by atoms with Gasteiger partial charge in [0.15, 0.2) is 17.6 Å². The molecule has 0 amide bonds. The zero-order valence-electron chi connectivity index (χ0n) is 16.4. The summed E-state index contributed by atoms with van der Waals surface area (Å²) in [6.45, 7) is 1.38. The number of aryl methyl sites for hydroxylation is 1. The zero-order chi connectivity index (χ0) is 21.5. The summed E-state index contributed by atoms with van der Waals surface area (Å²) in [7, 11) is 2.88. The molecule has 1 atom stereocenters. The van der Waals surface area contributed by atoms with Gasteiger partial charge in [-0.2, -0.15) is 18.2 Å². The molecule has 0 bridgehead atoms. The number of methoxy groups -OCH3 is 1. The third-order valence-electron chi connectivity index (χ3n) is 4.74. The number of halogens is 3. The van der Waals surface area contributed by atoms with E-state index in [4.69, 9.17) is 9.47 Å². The molecule has 3 aromatic rings. The van der Waals surface area contributed by atoms with E-state index in [1.807, 2.05) is 23.8 Å². The lowest BCUT2D eigenvalue weighted by molar-refractivity contribution is -0.155. The Labute approximate surface area is 170 Å². The molecule has 1 aliphatic rings. The molecule has 8 nitrogen and oxygen atoms in total. The van der Waals surface area contributed by atoms with Crippen LogP contribution in [0.15, 0.2) is 36.9 Å². The van der Waals surface area contributed by atoms with Crippen molar-refractivity contribution < 1.29 is 22.6 Å². The van der Waals surface area contributed by atoms with Crippen LogP contribution in [0.3, 0.4) is 0 Å². The predicted octanol–water partition coefficient (Wildman–Crippen LogP) is 3.48. The van der Waals surface area contributed by atoms with E-state index < -0.39 is 18.8 Å². The number of anilines is 3. The second-order valence-electron chi connectivity index (χ2n) is 6.79. The molecule has 0 spiro atoms. The molecule has 11 heteroatoms. The molecule has 0 saturated heterocycles. The van der Waals surface area contributed by atoms with Gasteiger partial charge in [-0.1, -0.05) is 0 Å². The Morgan fingerprint density at radius 3 is 2.73 bits per heavy atom. The molecule has 4 rings (SSSR count). The first kappa shape index (κ1) is 19.8. The number of likely N-dealkylation sites (N-methyl/N-ethyl adjacent to an activating group) is 1. The van der Waals surface area contributed by atoms with Crippen molar-refractivity contribution in [3.63, 3.8) is 0 Å². The third-order valence-corrected chi connectivity index (χ3v) is 4.74. The van der Waals surface area contributed by atoms with Gasteiger partial charge >= 0.3 is 6.18 Å². The zero-order valence-corrected chi connectivity index (χ0v) is 16.4. The first-order chi connectivity index (χ1) is 14.3. The molecule has 0 saturated carbocycles. The van der Waals surface area contributed by atoms with E-state index in [2.05, 4.69) is 20.3 Å². The first-order valence-corrected chi connectivity index (χ1v) is 9.01. The van der Waals surface area contributed by atoms with Gasteiger partial charge in [0.2, 0.25) is 5.95 Å². The average molecular weight is 420 g/mol. The summed E-state index contributed by atoms with van der Waals surface area (Å²) < 4.78 is 52.1. The fourth-order valence-corrected chi connectivity index (χ4v) is 3.17. The minimum Gasteiger partial charge on any atom is -0.494 e. The summed E-state index contributed by atoms with van der Waals surface area (Å²) in [4.78, 5) is 13.6. The number of fused-ring (bicyclic) bond motifs is 1. The van der Waals surface area contributed by atoms with Crippen LogP contribution in [0.2, 0.25) is 0 Å². The highest BCUT2D eigenvalue weighted by Gasteiger charge is 2.46. The van der Waals surface area contributed by atoms with Crippen LogP contribution in [0.1, 0.15) is 5.69 Å². The van der Waals surface area contributed by atoms with Crippen molar-refractivity contribution in [3.05, 3.63) is 42.6 Å². The van der Waals surface area contributed by atoms with E-state index in [1.165, 1.54) is 13.2 Å². The van der Waals surface area contributed by atoms with Gasteiger partial charge < -0.3 is 24.3 Å². The van der Waals surface area contributed by atoms with E-state index in [0.717, 1.165) is 16.3 Å². The lowest BCUT2D eigenvalue weighted by Crippen LogP contribution is -2.50. The molecule has 1 unspecified atom stereocenters. The predicted molar refractivity (Wildman–Crippen MR) is 104 cm³/mol. The lowest BCUT2D eigenvalue weighted by atomic mass is 10.2. The Hall–Kier alpha value is -3.50. The van der Waals surface area contributed by atoms with Gasteiger partial charge in [0.1, 0.15) is 12.4 Å². The molecule has 0 radical (unpaired) electrons. The van der Waals surface area contributed by atoms with Gasteiger partial charge in [0.25, 0.3) is 0 Å². The Balaban J connectivity index is 1.60. The fraction of sp³-hybridized carbons (Fsp3) is 0.316. The Bertz CT molecular complexity index is 1070. The topological polar surface area (TPSA) is 77.3 Å². The molecular formula is C19H19F3N6O2. The Morgan fingerprint density at radius 2 is 2.07 bits per heavy atom. The maximum atomic E-state index is 13.2. The van der Waals surface area contributed by atoms with E-state index in [-0.39, 0.29) is 17.5 Å². The normalized spacial score (nSPS) is 16.1. The summed E-state index contributed by atoms with van der Waals surface area (Å²) in [6, 6.07) is 3.59. The van der Waals surface area contributed by atoms with Gasteiger partial charge in [-0.05, 0) is 19.1 Å². The minimum absolute atomic E-state index is 0.0681.